The van der Waals surface area contributed by atoms with E-state index >= 15 is 0 Å². The third-order valence-electron chi connectivity index (χ3n) is 3.08. The van der Waals surface area contributed by atoms with Gasteiger partial charge in [0.25, 0.3) is 0 Å². The zero-order valence-electron chi connectivity index (χ0n) is 9.71. The predicted octanol–water partition coefficient (Wildman–Crippen LogP) is 2.21. The summed E-state index contributed by atoms with van der Waals surface area (Å²) in [4.78, 5) is 15.9. The van der Waals surface area contributed by atoms with E-state index in [2.05, 4.69) is 22.6 Å². The molecule has 1 aliphatic carbocycles. The van der Waals surface area contributed by atoms with Crippen LogP contribution in [0.1, 0.15) is 45.4 Å². The van der Waals surface area contributed by atoms with Gasteiger partial charge in [-0.1, -0.05) is 26.2 Å². The monoisotopic (exact) mass is 214 g/mol. The van der Waals surface area contributed by atoms with E-state index < -0.39 is 0 Å². The lowest BCUT2D eigenvalue weighted by molar-refractivity contribution is 0.102. The average molecular weight is 214 g/mol. The Bertz CT molecular complexity index is 195. The maximum atomic E-state index is 11.3. The first kappa shape index (κ1) is 12.3. The molecule has 1 rings (SSSR count). The van der Waals surface area contributed by atoms with Gasteiger partial charge in [-0.3, -0.25) is 4.84 Å². The molecule has 2 unspecified atom stereocenters. The quantitative estimate of drug-likeness (QED) is 0.705. The first-order chi connectivity index (χ1) is 7.27. The summed E-state index contributed by atoms with van der Waals surface area (Å²) in [5.74, 6) is 0.645. The molecular formula is C11H22N2O2. The third kappa shape index (κ3) is 4.08. The lowest BCUT2D eigenvalue weighted by Gasteiger charge is -2.31. The van der Waals surface area contributed by atoms with Crippen LogP contribution in [0.15, 0.2) is 0 Å². The van der Waals surface area contributed by atoms with Gasteiger partial charge in [0.05, 0.1) is 7.11 Å². The van der Waals surface area contributed by atoms with E-state index in [1.165, 1.54) is 39.2 Å². The van der Waals surface area contributed by atoms with Crippen LogP contribution in [-0.4, -0.2) is 19.2 Å². The Morgan fingerprint density at radius 1 is 1.40 bits per heavy atom. The molecule has 0 aliphatic heterocycles. The van der Waals surface area contributed by atoms with Crippen molar-refractivity contribution in [3.8, 4) is 0 Å². The van der Waals surface area contributed by atoms with Gasteiger partial charge in [-0.05, 0) is 25.2 Å². The number of carbonyl (C=O) groups excluding carboxylic acids is 1. The Labute approximate surface area is 91.7 Å². The smallest absolute Gasteiger partial charge is 0.333 e. The van der Waals surface area contributed by atoms with Crippen molar-refractivity contribution in [1.82, 2.24) is 10.8 Å². The molecule has 2 amide bonds. The standard InChI is InChI=1S/C11H22N2O2/c1-3-6-9-7-4-5-8-10(9)12-11(14)13-15-2/h9-10H,3-8H2,1-2H3,(H2,12,13,14). The van der Waals surface area contributed by atoms with Crippen molar-refractivity contribution in [3.63, 3.8) is 0 Å². The van der Waals surface area contributed by atoms with Gasteiger partial charge in [0, 0.05) is 6.04 Å². The van der Waals surface area contributed by atoms with Crippen LogP contribution in [0.4, 0.5) is 4.79 Å². The maximum Gasteiger partial charge on any atom is 0.338 e. The van der Waals surface area contributed by atoms with Crippen molar-refractivity contribution in [2.75, 3.05) is 7.11 Å². The molecule has 1 aliphatic rings. The van der Waals surface area contributed by atoms with Crippen LogP contribution in [-0.2, 0) is 4.84 Å². The van der Waals surface area contributed by atoms with Gasteiger partial charge in [-0.15, -0.1) is 0 Å². The molecule has 0 saturated heterocycles. The van der Waals surface area contributed by atoms with Crippen molar-refractivity contribution in [2.24, 2.45) is 5.92 Å². The number of hydroxylamine groups is 1. The highest BCUT2D eigenvalue weighted by Crippen LogP contribution is 2.27. The first-order valence-electron chi connectivity index (χ1n) is 5.87. The Morgan fingerprint density at radius 2 is 2.13 bits per heavy atom. The molecule has 0 radical (unpaired) electrons. The molecule has 1 fully saturated rings. The molecule has 0 aromatic heterocycles. The molecule has 1 saturated carbocycles. The van der Waals surface area contributed by atoms with Gasteiger partial charge in [0.2, 0.25) is 0 Å². The molecule has 15 heavy (non-hydrogen) atoms. The highest BCUT2D eigenvalue weighted by atomic mass is 16.6. The van der Waals surface area contributed by atoms with Gasteiger partial charge in [-0.2, -0.15) is 0 Å². The van der Waals surface area contributed by atoms with Crippen molar-refractivity contribution in [3.05, 3.63) is 0 Å². The number of carbonyl (C=O) groups is 1. The average Bonchev–Trinajstić information content (AvgIpc) is 2.21. The molecule has 0 spiro atoms. The van der Waals surface area contributed by atoms with Gasteiger partial charge in [0.1, 0.15) is 0 Å². The number of hydrogen-bond donors (Lipinski definition) is 2. The number of hydrogen-bond acceptors (Lipinski definition) is 2. The molecule has 0 heterocycles. The highest BCUT2D eigenvalue weighted by molar-refractivity contribution is 5.73. The molecule has 2 N–H and O–H groups in total. The van der Waals surface area contributed by atoms with Crippen molar-refractivity contribution in [2.45, 2.75) is 51.5 Å². The Balaban J connectivity index is 2.38. The van der Waals surface area contributed by atoms with Crippen LogP contribution in [0.2, 0.25) is 0 Å². The summed E-state index contributed by atoms with van der Waals surface area (Å²) < 4.78 is 0. The summed E-state index contributed by atoms with van der Waals surface area (Å²) in [6.07, 6.45) is 7.26. The summed E-state index contributed by atoms with van der Waals surface area (Å²) in [7, 11) is 1.45. The van der Waals surface area contributed by atoms with E-state index in [9.17, 15) is 4.79 Å². The third-order valence-corrected chi connectivity index (χ3v) is 3.08. The van der Waals surface area contributed by atoms with Gasteiger partial charge >= 0.3 is 6.03 Å². The maximum absolute atomic E-state index is 11.3. The Hall–Kier alpha value is -0.770. The van der Waals surface area contributed by atoms with Crippen LogP contribution in [0.5, 0.6) is 0 Å². The van der Waals surface area contributed by atoms with Gasteiger partial charge in [-0.25, -0.2) is 10.3 Å². The second kappa shape index (κ2) is 6.67. The first-order valence-corrected chi connectivity index (χ1v) is 5.87. The molecule has 4 nitrogen and oxygen atoms in total. The fourth-order valence-electron chi connectivity index (χ4n) is 2.40. The summed E-state index contributed by atoms with van der Waals surface area (Å²) in [6.45, 7) is 2.20. The summed E-state index contributed by atoms with van der Waals surface area (Å²) in [5, 5.41) is 2.98. The van der Waals surface area contributed by atoms with Gasteiger partial charge in [0.15, 0.2) is 0 Å². The molecule has 2 atom stereocenters. The SMILES string of the molecule is CCCC1CCCCC1NC(=O)NOC. The second-order valence-corrected chi connectivity index (χ2v) is 4.22. The zero-order valence-corrected chi connectivity index (χ0v) is 9.71. The molecule has 4 heteroatoms. The fraction of sp³-hybridized carbons (Fsp3) is 0.909. The minimum atomic E-state index is -0.217. The topological polar surface area (TPSA) is 50.4 Å². The molecule has 0 bridgehead atoms. The fourth-order valence-corrected chi connectivity index (χ4v) is 2.40. The molecule has 0 aromatic carbocycles. The summed E-state index contributed by atoms with van der Waals surface area (Å²) >= 11 is 0. The zero-order chi connectivity index (χ0) is 11.1. The minimum absolute atomic E-state index is 0.217. The number of rotatable bonds is 4. The Kier molecular flexibility index (Phi) is 5.47. The van der Waals surface area contributed by atoms with Crippen LogP contribution >= 0.6 is 0 Å². The van der Waals surface area contributed by atoms with Crippen molar-refractivity contribution >= 4 is 6.03 Å². The van der Waals surface area contributed by atoms with Gasteiger partial charge < -0.3 is 5.32 Å². The van der Waals surface area contributed by atoms with E-state index in [-0.39, 0.29) is 6.03 Å². The predicted molar refractivity (Wildman–Crippen MR) is 59.3 cm³/mol. The van der Waals surface area contributed by atoms with E-state index in [1.807, 2.05) is 0 Å². The van der Waals surface area contributed by atoms with E-state index in [0.29, 0.717) is 12.0 Å². The highest BCUT2D eigenvalue weighted by Gasteiger charge is 2.25. The minimum Gasteiger partial charge on any atom is -0.333 e. The van der Waals surface area contributed by atoms with Crippen molar-refractivity contribution < 1.29 is 9.63 Å². The number of amides is 2. The van der Waals surface area contributed by atoms with E-state index in [0.717, 1.165) is 6.42 Å². The summed E-state index contributed by atoms with van der Waals surface area (Å²) in [5.41, 5.74) is 2.31. The van der Waals surface area contributed by atoms with Crippen LogP contribution in [0.3, 0.4) is 0 Å². The molecular weight excluding hydrogens is 192 g/mol. The van der Waals surface area contributed by atoms with Crippen LogP contribution in [0, 0.1) is 5.92 Å². The van der Waals surface area contributed by atoms with Crippen LogP contribution in [0.25, 0.3) is 0 Å². The van der Waals surface area contributed by atoms with Crippen molar-refractivity contribution in [1.29, 1.82) is 0 Å². The number of urea groups is 1. The largest absolute Gasteiger partial charge is 0.338 e. The Morgan fingerprint density at radius 3 is 2.80 bits per heavy atom. The lowest BCUT2D eigenvalue weighted by atomic mass is 9.82. The molecule has 0 aromatic rings. The summed E-state index contributed by atoms with van der Waals surface area (Å²) in [6, 6.07) is 0.111. The lowest BCUT2D eigenvalue weighted by Crippen LogP contribution is -2.46. The number of nitrogens with one attached hydrogen (secondary N) is 2. The van der Waals surface area contributed by atoms with Crippen LogP contribution < -0.4 is 10.8 Å². The second-order valence-electron chi connectivity index (χ2n) is 4.22. The van der Waals surface area contributed by atoms with E-state index in [4.69, 9.17) is 0 Å². The normalized spacial score (nSPS) is 26.0. The van der Waals surface area contributed by atoms with E-state index in [1.54, 1.807) is 0 Å². The molecule has 88 valence electrons.